The van der Waals surface area contributed by atoms with E-state index in [0.29, 0.717) is 12.1 Å². The third-order valence-electron chi connectivity index (χ3n) is 7.79. The SMILES string of the molecule is C[C@H]1CC[C@@]2(ON(Cc3c(F)cc(F)cc3F)C(CF)[C@@H]2O)[C@H]2CN1C(=O)c1c(O)c(=O)c(C(N)=O)cn12. The second-order valence-electron chi connectivity index (χ2n) is 9.84. The molecule has 38 heavy (non-hydrogen) atoms. The van der Waals surface area contributed by atoms with E-state index in [9.17, 15) is 42.2 Å². The van der Waals surface area contributed by atoms with Gasteiger partial charge in [-0.15, -0.1) is 0 Å². The molecule has 2 saturated heterocycles. The number of alkyl halides is 1. The molecular weight excluding hydrogens is 516 g/mol. The van der Waals surface area contributed by atoms with E-state index in [1.807, 2.05) is 0 Å². The number of hydrogen-bond donors (Lipinski definition) is 3. The van der Waals surface area contributed by atoms with Crippen LogP contribution in [0.15, 0.2) is 23.1 Å². The van der Waals surface area contributed by atoms with E-state index in [1.54, 1.807) is 6.92 Å². The zero-order valence-electron chi connectivity index (χ0n) is 20.0. The number of pyridine rings is 1. The molecule has 2 bridgehead atoms. The Labute approximate surface area is 212 Å². The standard InChI is InChI=1S/C24H24F4N4O6/c1-10-2-3-24(17-9-30(10)23(37)18-20(34)19(33)13(22(29)36)7-31(17)18)21(35)16(6-25)32(38-24)8-12-14(27)4-11(26)5-15(12)28/h4-5,7,10,16-17,21,34-35H,2-3,6,8-9H2,1H3,(H2,29,36)/t10-,16?,17+,21-,24+/m0/s1. The van der Waals surface area contributed by atoms with Crippen molar-refractivity contribution in [2.24, 2.45) is 5.73 Å². The summed E-state index contributed by atoms with van der Waals surface area (Å²) >= 11 is 0. The quantitative estimate of drug-likeness (QED) is 0.495. The van der Waals surface area contributed by atoms with Gasteiger partial charge in [0.05, 0.1) is 18.6 Å². The number of aliphatic hydroxyl groups excluding tert-OH is 1. The van der Waals surface area contributed by atoms with E-state index in [-0.39, 0.29) is 19.4 Å². The minimum atomic E-state index is -1.72. The first-order valence-corrected chi connectivity index (χ1v) is 11.8. The first-order valence-electron chi connectivity index (χ1n) is 11.8. The molecule has 0 radical (unpaired) electrons. The van der Waals surface area contributed by atoms with Crippen LogP contribution in [-0.2, 0) is 11.4 Å². The highest BCUT2D eigenvalue weighted by molar-refractivity contribution is 5.99. The monoisotopic (exact) mass is 540 g/mol. The molecule has 14 heteroatoms. The lowest BCUT2D eigenvalue weighted by Gasteiger charge is -2.43. The zero-order valence-corrected chi connectivity index (χ0v) is 20.0. The number of carbonyl (C=O) groups excluding carboxylic acids is 2. The Morgan fingerprint density at radius 3 is 2.50 bits per heavy atom. The highest BCUT2D eigenvalue weighted by Crippen LogP contribution is 2.49. The highest BCUT2D eigenvalue weighted by Gasteiger charge is 2.62. The van der Waals surface area contributed by atoms with Crippen molar-refractivity contribution < 1.29 is 42.2 Å². The maximum atomic E-state index is 14.4. The van der Waals surface area contributed by atoms with Gasteiger partial charge >= 0.3 is 0 Å². The van der Waals surface area contributed by atoms with Crippen LogP contribution in [0.2, 0.25) is 0 Å². The summed E-state index contributed by atoms with van der Waals surface area (Å²) in [6.45, 7) is -0.319. The average molecular weight is 540 g/mol. The van der Waals surface area contributed by atoms with Crippen LogP contribution >= 0.6 is 0 Å². The summed E-state index contributed by atoms with van der Waals surface area (Å²) in [7, 11) is 0. The van der Waals surface area contributed by atoms with Crippen molar-refractivity contribution in [2.75, 3.05) is 13.2 Å². The molecule has 1 unspecified atom stereocenters. The number of primary amides is 1. The smallest absolute Gasteiger partial charge is 0.274 e. The van der Waals surface area contributed by atoms with Crippen LogP contribution in [0.3, 0.4) is 0 Å². The molecule has 0 aliphatic carbocycles. The number of nitrogens with two attached hydrogens (primary N) is 1. The Balaban J connectivity index is 1.66. The van der Waals surface area contributed by atoms with Gasteiger partial charge in [-0.2, -0.15) is 5.06 Å². The Morgan fingerprint density at radius 1 is 1.24 bits per heavy atom. The van der Waals surface area contributed by atoms with Crippen molar-refractivity contribution in [3.63, 3.8) is 0 Å². The van der Waals surface area contributed by atoms with Gasteiger partial charge in [0.25, 0.3) is 11.8 Å². The summed E-state index contributed by atoms with van der Waals surface area (Å²) in [5.41, 5.74) is 0.715. The molecule has 3 aliphatic heterocycles. The number of carbonyl (C=O) groups is 2. The number of aliphatic hydroxyl groups is 1. The van der Waals surface area contributed by atoms with E-state index in [0.717, 1.165) is 15.8 Å². The van der Waals surface area contributed by atoms with E-state index in [1.165, 1.54) is 4.90 Å². The molecular formula is C24H24F4N4O6. The van der Waals surface area contributed by atoms with Crippen LogP contribution < -0.4 is 11.2 Å². The number of amides is 2. The minimum Gasteiger partial charge on any atom is -0.503 e. The molecule has 4 heterocycles. The van der Waals surface area contributed by atoms with Gasteiger partial charge in [-0.1, -0.05) is 0 Å². The van der Waals surface area contributed by atoms with Gasteiger partial charge in [-0.3, -0.25) is 19.2 Å². The predicted octanol–water partition coefficient (Wildman–Crippen LogP) is 1.13. The fourth-order valence-electron chi connectivity index (χ4n) is 5.74. The topological polar surface area (TPSA) is 138 Å². The maximum Gasteiger partial charge on any atom is 0.274 e. The van der Waals surface area contributed by atoms with E-state index in [4.69, 9.17) is 10.6 Å². The molecule has 5 rings (SSSR count). The van der Waals surface area contributed by atoms with Crippen LogP contribution in [0.5, 0.6) is 5.75 Å². The number of aromatic nitrogens is 1. The van der Waals surface area contributed by atoms with Gasteiger partial charge < -0.3 is 25.4 Å². The number of benzene rings is 1. The second-order valence-corrected chi connectivity index (χ2v) is 9.84. The first-order chi connectivity index (χ1) is 17.9. The summed E-state index contributed by atoms with van der Waals surface area (Å²) in [5.74, 6) is -6.52. The van der Waals surface area contributed by atoms with Crippen LogP contribution in [0.1, 0.15) is 52.2 Å². The first kappa shape index (κ1) is 26.1. The van der Waals surface area contributed by atoms with Crippen molar-refractivity contribution in [3.8, 4) is 5.75 Å². The lowest BCUT2D eigenvalue weighted by Crippen LogP contribution is -2.56. The van der Waals surface area contributed by atoms with Gasteiger partial charge in [0, 0.05) is 36.5 Å². The number of nitrogens with zero attached hydrogens (tertiary/aromatic N) is 3. The lowest BCUT2D eigenvalue weighted by molar-refractivity contribution is -0.234. The summed E-state index contributed by atoms with van der Waals surface area (Å²) in [6, 6.07) is -2.05. The normalized spacial score (nSPS) is 29.0. The van der Waals surface area contributed by atoms with Gasteiger partial charge in [0.1, 0.15) is 41.4 Å². The number of hydrogen-bond acceptors (Lipinski definition) is 7. The van der Waals surface area contributed by atoms with Crippen LogP contribution in [0, 0.1) is 17.5 Å². The van der Waals surface area contributed by atoms with Gasteiger partial charge in [0.2, 0.25) is 5.43 Å². The number of fused-ring (bicyclic) bond motifs is 5. The van der Waals surface area contributed by atoms with Gasteiger partial charge in [-0.25, -0.2) is 17.6 Å². The Kier molecular flexibility index (Phi) is 6.23. The summed E-state index contributed by atoms with van der Waals surface area (Å²) < 4.78 is 57.7. The largest absolute Gasteiger partial charge is 0.503 e. The lowest BCUT2D eigenvalue weighted by atomic mass is 9.81. The molecule has 2 aromatic rings. The van der Waals surface area contributed by atoms with E-state index < -0.39 is 100 Å². The molecule has 1 aromatic carbocycles. The van der Waals surface area contributed by atoms with Gasteiger partial charge in [-0.05, 0) is 19.8 Å². The predicted molar refractivity (Wildman–Crippen MR) is 121 cm³/mol. The van der Waals surface area contributed by atoms with Gasteiger partial charge in [0.15, 0.2) is 11.4 Å². The summed E-state index contributed by atoms with van der Waals surface area (Å²) in [5, 5.41) is 22.9. The van der Waals surface area contributed by atoms with Crippen LogP contribution in [0.25, 0.3) is 0 Å². The Morgan fingerprint density at radius 2 is 1.89 bits per heavy atom. The van der Waals surface area contributed by atoms with Crippen molar-refractivity contribution in [3.05, 3.63) is 62.8 Å². The van der Waals surface area contributed by atoms with Crippen molar-refractivity contribution in [2.45, 2.75) is 56.1 Å². The second kappa shape index (κ2) is 9.06. The number of aromatic hydroxyl groups is 1. The third kappa shape index (κ3) is 3.69. The fraction of sp³-hybridized carbons (Fsp3) is 0.458. The molecule has 4 N–H and O–H groups in total. The van der Waals surface area contributed by atoms with E-state index in [2.05, 4.69) is 0 Å². The molecule has 0 saturated carbocycles. The van der Waals surface area contributed by atoms with Crippen molar-refractivity contribution >= 4 is 11.8 Å². The number of halogens is 4. The summed E-state index contributed by atoms with van der Waals surface area (Å²) in [4.78, 5) is 45.2. The average Bonchev–Trinajstić information content (AvgIpc) is 3.04. The molecule has 10 nitrogen and oxygen atoms in total. The molecule has 1 spiro atoms. The molecule has 204 valence electrons. The number of hydroxylamine groups is 2. The fourth-order valence-corrected chi connectivity index (χ4v) is 5.74. The van der Waals surface area contributed by atoms with E-state index >= 15 is 0 Å². The van der Waals surface area contributed by atoms with Crippen molar-refractivity contribution in [1.82, 2.24) is 14.5 Å². The highest BCUT2D eigenvalue weighted by atomic mass is 19.1. The molecule has 1 aromatic heterocycles. The Bertz CT molecular complexity index is 1380. The third-order valence-corrected chi connectivity index (χ3v) is 7.79. The molecule has 3 aliphatic rings. The minimum absolute atomic E-state index is 0.0173. The van der Waals surface area contributed by atoms with Crippen molar-refractivity contribution in [1.29, 1.82) is 0 Å². The summed E-state index contributed by atoms with van der Waals surface area (Å²) in [6.07, 6.45) is -0.396. The zero-order chi connectivity index (χ0) is 27.7. The van der Waals surface area contributed by atoms with Crippen LogP contribution in [-0.4, -0.2) is 73.6 Å². The molecule has 5 atom stereocenters. The Hall–Kier alpha value is -3.49. The molecule has 2 amide bonds. The maximum absolute atomic E-state index is 14.4. The molecule has 2 fully saturated rings. The van der Waals surface area contributed by atoms with Crippen LogP contribution in [0.4, 0.5) is 17.6 Å². The number of rotatable bonds is 4.